The first kappa shape index (κ1) is 15.5. The van der Waals surface area contributed by atoms with E-state index in [4.69, 9.17) is 16.7 Å². The Morgan fingerprint density at radius 1 is 1.38 bits per heavy atom. The molecule has 0 aliphatic heterocycles. The third-order valence-corrected chi connectivity index (χ3v) is 3.82. The highest BCUT2D eigenvalue weighted by atomic mass is 35.5. The summed E-state index contributed by atoms with van der Waals surface area (Å²) in [5, 5.41) is 8.96. The molecule has 0 saturated heterocycles. The van der Waals surface area contributed by atoms with Crippen LogP contribution in [0.1, 0.15) is 5.56 Å². The van der Waals surface area contributed by atoms with Crippen molar-refractivity contribution in [3.05, 3.63) is 57.2 Å². The van der Waals surface area contributed by atoms with Crippen LogP contribution in [0.5, 0.6) is 0 Å². The zero-order chi connectivity index (χ0) is 15.4. The minimum Gasteiger partial charge on any atom is -0.480 e. The van der Waals surface area contributed by atoms with Gasteiger partial charge in [-0.15, -0.1) is 0 Å². The summed E-state index contributed by atoms with van der Waals surface area (Å²) in [5.74, 6) is -0.982. The van der Waals surface area contributed by atoms with Crippen LogP contribution in [-0.2, 0) is 17.1 Å². The van der Waals surface area contributed by atoms with Crippen LogP contribution in [0.15, 0.2) is 40.4 Å². The van der Waals surface area contributed by atoms with Crippen molar-refractivity contribution in [1.82, 2.24) is 9.55 Å². The van der Waals surface area contributed by atoms with Gasteiger partial charge < -0.3 is 9.67 Å². The van der Waals surface area contributed by atoms with Gasteiger partial charge in [0.05, 0.1) is 0 Å². The van der Waals surface area contributed by atoms with Crippen molar-refractivity contribution < 1.29 is 14.3 Å². The van der Waals surface area contributed by atoms with E-state index in [9.17, 15) is 14.0 Å². The van der Waals surface area contributed by atoms with Crippen LogP contribution in [0, 0.1) is 5.82 Å². The number of nitrogens with zero attached hydrogens (tertiary/aromatic N) is 2. The molecule has 8 heteroatoms. The van der Waals surface area contributed by atoms with E-state index in [-0.39, 0.29) is 22.5 Å². The van der Waals surface area contributed by atoms with Crippen molar-refractivity contribution >= 4 is 29.3 Å². The lowest BCUT2D eigenvalue weighted by Gasteiger charge is -2.10. The van der Waals surface area contributed by atoms with E-state index in [1.54, 1.807) is 12.1 Å². The van der Waals surface area contributed by atoms with Gasteiger partial charge in [-0.1, -0.05) is 35.5 Å². The maximum atomic E-state index is 12.8. The molecule has 0 aliphatic rings. The molecular weight excluding hydrogens is 319 g/mol. The summed E-state index contributed by atoms with van der Waals surface area (Å²) in [6.07, 6.45) is 1.25. The molecule has 0 amide bonds. The first-order valence-electron chi connectivity index (χ1n) is 5.82. The third-order valence-electron chi connectivity index (χ3n) is 2.50. The van der Waals surface area contributed by atoms with Gasteiger partial charge in [-0.05, 0) is 17.7 Å². The molecule has 1 aromatic heterocycles. The van der Waals surface area contributed by atoms with Crippen molar-refractivity contribution in [3.63, 3.8) is 0 Å². The largest absolute Gasteiger partial charge is 0.480 e. The number of carbonyl (C=O) groups is 1. The molecule has 2 rings (SSSR count). The highest BCUT2D eigenvalue weighted by Gasteiger charge is 2.10. The van der Waals surface area contributed by atoms with Gasteiger partial charge in [-0.3, -0.25) is 9.59 Å². The van der Waals surface area contributed by atoms with Gasteiger partial charge in [0.25, 0.3) is 5.56 Å². The van der Waals surface area contributed by atoms with Crippen molar-refractivity contribution in [3.8, 4) is 0 Å². The Morgan fingerprint density at radius 3 is 2.67 bits per heavy atom. The molecule has 0 saturated carbocycles. The summed E-state index contributed by atoms with van der Waals surface area (Å²) in [4.78, 5) is 26.0. The zero-order valence-electron chi connectivity index (χ0n) is 10.6. The second kappa shape index (κ2) is 6.73. The Kier molecular flexibility index (Phi) is 4.98. The van der Waals surface area contributed by atoms with Gasteiger partial charge in [0.1, 0.15) is 17.4 Å². The van der Waals surface area contributed by atoms with Crippen LogP contribution in [-0.4, -0.2) is 20.6 Å². The fraction of sp³-hybridized carbons (Fsp3) is 0.154. The fourth-order valence-electron chi connectivity index (χ4n) is 1.55. The lowest BCUT2D eigenvalue weighted by atomic mass is 10.2. The monoisotopic (exact) mass is 328 g/mol. The van der Waals surface area contributed by atoms with Crippen LogP contribution in [0.4, 0.5) is 4.39 Å². The van der Waals surface area contributed by atoms with Crippen molar-refractivity contribution in [2.45, 2.75) is 17.5 Å². The normalized spacial score (nSPS) is 10.6. The number of thioether (sulfide) groups is 1. The second-order valence-corrected chi connectivity index (χ2v) is 5.46. The number of hydrogen-bond donors (Lipinski definition) is 1. The van der Waals surface area contributed by atoms with Gasteiger partial charge >= 0.3 is 5.97 Å². The summed E-state index contributed by atoms with van der Waals surface area (Å²) >= 11 is 6.84. The molecule has 0 aliphatic carbocycles. The molecule has 0 unspecified atom stereocenters. The van der Waals surface area contributed by atoms with Crippen molar-refractivity contribution in [1.29, 1.82) is 0 Å². The van der Waals surface area contributed by atoms with E-state index < -0.39 is 11.5 Å². The SMILES string of the molecule is O=C(O)Cn1cc(Cl)c(=O)nc1SCc1ccc(F)cc1. The highest BCUT2D eigenvalue weighted by molar-refractivity contribution is 7.98. The Morgan fingerprint density at radius 2 is 2.05 bits per heavy atom. The number of aliphatic carboxylic acids is 1. The predicted octanol–water partition coefficient (Wildman–Crippen LogP) is 2.41. The van der Waals surface area contributed by atoms with Crippen molar-refractivity contribution in [2.24, 2.45) is 0 Å². The minimum atomic E-state index is -1.07. The molecule has 1 aromatic carbocycles. The lowest BCUT2D eigenvalue weighted by molar-refractivity contribution is -0.137. The molecule has 5 nitrogen and oxygen atoms in total. The van der Waals surface area contributed by atoms with Crippen LogP contribution in [0.25, 0.3) is 0 Å². The fourth-order valence-corrected chi connectivity index (χ4v) is 2.63. The molecule has 1 heterocycles. The van der Waals surface area contributed by atoms with Gasteiger partial charge in [0.2, 0.25) is 0 Å². The van der Waals surface area contributed by atoms with E-state index in [0.717, 1.165) is 5.56 Å². The zero-order valence-corrected chi connectivity index (χ0v) is 12.2. The van der Waals surface area contributed by atoms with Crippen LogP contribution in [0.3, 0.4) is 0 Å². The smallest absolute Gasteiger partial charge is 0.323 e. The maximum absolute atomic E-state index is 12.8. The Labute approximate surface area is 128 Å². The maximum Gasteiger partial charge on any atom is 0.323 e. The molecule has 0 atom stereocenters. The summed E-state index contributed by atoms with van der Waals surface area (Å²) < 4.78 is 14.1. The summed E-state index contributed by atoms with van der Waals surface area (Å²) in [5.41, 5.74) is 0.215. The van der Waals surface area contributed by atoms with Crippen LogP contribution in [0.2, 0.25) is 5.02 Å². The molecule has 0 radical (unpaired) electrons. The van der Waals surface area contributed by atoms with Gasteiger partial charge in [0.15, 0.2) is 5.16 Å². The first-order valence-corrected chi connectivity index (χ1v) is 7.18. The first-order chi connectivity index (χ1) is 9.95. The number of aromatic nitrogens is 2. The molecule has 2 aromatic rings. The Hall–Kier alpha value is -1.86. The molecule has 110 valence electrons. The lowest BCUT2D eigenvalue weighted by Crippen LogP contribution is -2.18. The summed E-state index contributed by atoms with van der Waals surface area (Å²) in [6.45, 7) is -0.348. The van der Waals surface area contributed by atoms with E-state index in [1.807, 2.05) is 0 Å². The summed E-state index contributed by atoms with van der Waals surface area (Å²) in [7, 11) is 0. The van der Waals surface area contributed by atoms with Crippen LogP contribution < -0.4 is 5.56 Å². The average molecular weight is 329 g/mol. The topological polar surface area (TPSA) is 72.2 Å². The number of halogens is 2. The number of carboxylic acid groups (broad SMARTS) is 1. The van der Waals surface area contributed by atoms with E-state index in [0.29, 0.717) is 5.75 Å². The third kappa shape index (κ3) is 4.30. The molecule has 0 bridgehead atoms. The summed E-state index contributed by atoms with van der Waals surface area (Å²) in [6, 6.07) is 5.88. The Bertz CT molecular complexity index is 718. The second-order valence-electron chi connectivity index (χ2n) is 4.11. The molecule has 0 fully saturated rings. The van der Waals surface area contributed by atoms with E-state index in [2.05, 4.69) is 4.98 Å². The van der Waals surface area contributed by atoms with Gasteiger partial charge in [0, 0.05) is 11.9 Å². The average Bonchev–Trinajstić information content (AvgIpc) is 2.42. The van der Waals surface area contributed by atoms with Gasteiger partial charge in [-0.2, -0.15) is 4.98 Å². The number of rotatable bonds is 5. The van der Waals surface area contributed by atoms with Crippen molar-refractivity contribution in [2.75, 3.05) is 0 Å². The van der Waals surface area contributed by atoms with Gasteiger partial charge in [-0.25, -0.2) is 4.39 Å². The molecule has 0 spiro atoms. The highest BCUT2D eigenvalue weighted by Crippen LogP contribution is 2.21. The van der Waals surface area contributed by atoms with Crippen LogP contribution >= 0.6 is 23.4 Å². The van der Waals surface area contributed by atoms with E-state index >= 15 is 0 Å². The molecule has 21 heavy (non-hydrogen) atoms. The standard InChI is InChI=1S/C13H10ClFN2O3S/c14-10-5-17(6-11(18)19)13(16-12(10)20)21-7-8-1-3-9(15)4-2-8/h1-5H,6-7H2,(H,18,19). The number of hydrogen-bond acceptors (Lipinski definition) is 4. The Balaban J connectivity index is 2.21. The minimum absolute atomic E-state index is 0.137. The molecular formula is C13H10ClFN2O3S. The molecule has 1 N–H and O–H groups in total. The number of benzene rings is 1. The predicted molar refractivity (Wildman–Crippen MR) is 77.1 cm³/mol. The van der Waals surface area contributed by atoms with E-state index in [1.165, 1.54) is 34.7 Å². The number of carboxylic acids is 1. The quantitative estimate of drug-likeness (QED) is 0.674.